The van der Waals surface area contributed by atoms with Crippen LogP contribution in [0.4, 0.5) is 13.2 Å². The minimum atomic E-state index is -4.39. The second kappa shape index (κ2) is 7.34. The molecule has 3 nitrogen and oxygen atoms in total. The topological polar surface area (TPSA) is 46.3 Å². The van der Waals surface area contributed by atoms with Crippen LogP contribution in [0.1, 0.15) is 30.4 Å². The Labute approximate surface area is 134 Å². The molecule has 2 N–H and O–H groups in total. The number of amides is 1. The molecule has 6 heteroatoms. The van der Waals surface area contributed by atoms with Crippen LogP contribution in [0, 0.1) is 12.8 Å². The number of alkyl halides is 3. The summed E-state index contributed by atoms with van der Waals surface area (Å²) in [6.07, 6.45) is -2.20. The Morgan fingerprint density at radius 3 is 2.43 bits per heavy atom. The van der Waals surface area contributed by atoms with Crippen LogP contribution in [-0.4, -0.2) is 36.1 Å². The fourth-order valence-corrected chi connectivity index (χ4v) is 3.00. The number of hydrogen-bond donors (Lipinski definition) is 1. The normalized spacial score (nSPS) is 21.4. The van der Waals surface area contributed by atoms with Gasteiger partial charge in [-0.2, -0.15) is 13.2 Å². The lowest BCUT2D eigenvalue weighted by Gasteiger charge is -2.27. The van der Waals surface area contributed by atoms with E-state index in [2.05, 4.69) is 0 Å². The molecule has 1 amide bonds. The number of benzene rings is 1. The number of aryl methyl sites for hydroxylation is 1. The standard InChI is InChI=1S/C17H23F3N2O/c1-12-2-4-13(5-3-12)8-9-22(11-17(18,19)20)16(23)14-6-7-15(21)10-14/h2-5,14-15H,6-11,21H2,1H3. The molecule has 23 heavy (non-hydrogen) atoms. The van der Waals surface area contributed by atoms with Gasteiger partial charge in [0.15, 0.2) is 0 Å². The molecule has 0 spiro atoms. The van der Waals surface area contributed by atoms with Crippen LogP contribution < -0.4 is 5.73 Å². The van der Waals surface area contributed by atoms with Crippen molar-refractivity contribution in [2.24, 2.45) is 11.7 Å². The molecule has 0 saturated heterocycles. The smallest absolute Gasteiger partial charge is 0.333 e. The van der Waals surface area contributed by atoms with E-state index in [-0.39, 0.29) is 18.5 Å². The van der Waals surface area contributed by atoms with Crippen molar-refractivity contribution in [1.82, 2.24) is 4.90 Å². The average Bonchev–Trinajstić information content (AvgIpc) is 2.90. The van der Waals surface area contributed by atoms with Crippen molar-refractivity contribution < 1.29 is 18.0 Å². The van der Waals surface area contributed by atoms with Gasteiger partial charge in [0.2, 0.25) is 5.91 Å². The lowest BCUT2D eigenvalue weighted by molar-refractivity contribution is -0.163. The maximum absolute atomic E-state index is 12.8. The molecule has 2 unspecified atom stereocenters. The van der Waals surface area contributed by atoms with Crippen molar-refractivity contribution in [1.29, 1.82) is 0 Å². The molecule has 128 valence electrons. The summed E-state index contributed by atoms with van der Waals surface area (Å²) >= 11 is 0. The fourth-order valence-electron chi connectivity index (χ4n) is 3.00. The quantitative estimate of drug-likeness (QED) is 0.903. The van der Waals surface area contributed by atoms with Gasteiger partial charge in [0.1, 0.15) is 6.54 Å². The van der Waals surface area contributed by atoms with Gasteiger partial charge in [-0.1, -0.05) is 29.8 Å². The van der Waals surface area contributed by atoms with Gasteiger partial charge in [-0.25, -0.2) is 0 Å². The summed E-state index contributed by atoms with van der Waals surface area (Å²) in [4.78, 5) is 13.4. The monoisotopic (exact) mass is 328 g/mol. The van der Waals surface area contributed by atoms with Gasteiger partial charge in [-0.05, 0) is 38.2 Å². The van der Waals surface area contributed by atoms with Gasteiger partial charge in [0, 0.05) is 18.5 Å². The van der Waals surface area contributed by atoms with Crippen molar-refractivity contribution in [2.75, 3.05) is 13.1 Å². The molecule has 0 heterocycles. The predicted molar refractivity (Wildman–Crippen MR) is 82.8 cm³/mol. The summed E-state index contributed by atoms with van der Waals surface area (Å²) in [5.41, 5.74) is 7.80. The molecule has 0 bridgehead atoms. The minimum absolute atomic E-state index is 0.0752. The summed E-state index contributed by atoms with van der Waals surface area (Å²) < 4.78 is 38.4. The Morgan fingerprint density at radius 2 is 1.91 bits per heavy atom. The van der Waals surface area contributed by atoms with Crippen molar-refractivity contribution in [2.45, 2.75) is 44.8 Å². The molecule has 0 aromatic heterocycles. The van der Waals surface area contributed by atoms with Crippen LogP contribution in [0.15, 0.2) is 24.3 Å². The van der Waals surface area contributed by atoms with E-state index in [1.807, 2.05) is 31.2 Å². The Hall–Kier alpha value is -1.56. The zero-order chi connectivity index (χ0) is 17.0. The number of halogens is 3. The lowest BCUT2D eigenvalue weighted by Crippen LogP contribution is -2.43. The molecule has 1 aliphatic carbocycles. The molecular weight excluding hydrogens is 305 g/mol. The Balaban J connectivity index is 2.01. The molecule has 0 radical (unpaired) electrons. The van der Waals surface area contributed by atoms with Crippen molar-refractivity contribution in [3.8, 4) is 0 Å². The third-order valence-corrected chi connectivity index (χ3v) is 4.30. The first-order valence-corrected chi connectivity index (χ1v) is 7.91. The van der Waals surface area contributed by atoms with Gasteiger partial charge in [-0.3, -0.25) is 4.79 Å². The molecule has 0 aliphatic heterocycles. The third-order valence-electron chi connectivity index (χ3n) is 4.30. The van der Waals surface area contributed by atoms with Gasteiger partial charge < -0.3 is 10.6 Å². The number of carbonyl (C=O) groups excluding carboxylic acids is 1. The van der Waals surface area contributed by atoms with Gasteiger partial charge in [0.05, 0.1) is 0 Å². The van der Waals surface area contributed by atoms with Crippen LogP contribution in [0.3, 0.4) is 0 Å². The fraction of sp³-hybridized carbons (Fsp3) is 0.588. The van der Waals surface area contributed by atoms with E-state index < -0.39 is 18.6 Å². The van der Waals surface area contributed by atoms with Crippen molar-refractivity contribution in [3.63, 3.8) is 0 Å². The highest BCUT2D eigenvalue weighted by Gasteiger charge is 2.37. The summed E-state index contributed by atoms with van der Waals surface area (Å²) in [6.45, 7) is 0.836. The average molecular weight is 328 g/mol. The van der Waals surface area contributed by atoms with E-state index in [4.69, 9.17) is 5.73 Å². The molecule has 1 saturated carbocycles. The maximum Gasteiger partial charge on any atom is 0.406 e. The number of nitrogens with zero attached hydrogens (tertiary/aromatic N) is 1. The van der Waals surface area contributed by atoms with Crippen molar-refractivity contribution in [3.05, 3.63) is 35.4 Å². The SMILES string of the molecule is Cc1ccc(CCN(CC(F)(F)F)C(=O)C2CCC(N)C2)cc1. The number of rotatable bonds is 5. The number of nitrogens with two attached hydrogens (primary N) is 1. The summed E-state index contributed by atoms with van der Waals surface area (Å²) in [7, 11) is 0. The molecule has 1 aromatic carbocycles. The van der Waals surface area contributed by atoms with Gasteiger partial charge in [0.25, 0.3) is 0 Å². The minimum Gasteiger partial charge on any atom is -0.333 e. The van der Waals surface area contributed by atoms with E-state index in [0.29, 0.717) is 25.7 Å². The largest absolute Gasteiger partial charge is 0.406 e. The highest BCUT2D eigenvalue weighted by Crippen LogP contribution is 2.27. The van der Waals surface area contributed by atoms with E-state index in [0.717, 1.165) is 16.0 Å². The first kappa shape index (κ1) is 17.8. The Morgan fingerprint density at radius 1 is 1.26 bits per heavy atom. The van der Waals surface area contributed by atoms with Gasteiger partial charge >= 0.3 is 6.18 Å². The molecular formula is C17H23F3N2O. The Bertz CT molecular complexity index is 528. The number of carbonyl (C=O) groups is 1. The van der Waals surface area contributed by atoms with Gasteiger partial charge in [-0.15, -0.1) is 0 Å². The summed E-state index contributed by atoms with van der Waals surface area (Å²) in [5.74, 6) is -0.784. The highest BCUT2D eigenvalue weighted by molar-refractivity contribution is 5.79. The molecule has 1 aromatic rings. The summed E-state index contributed by atoms with van der Waals surface area (Å²) in [6, 6.07) is 7.53. The van der Waals surface area contributed by atoms with E-state index >= 15 is 0 Å². The van der Waals surface area contributed by atoms with E-state index in [1.165, 1.54) is 0 Å². The first-order valence-electron chi connectivity index (χ1n) is 7.91. The van der Waals surface area contributed by atoms with Crippen LogP contribution in [0.2, 0.25) is 0 Å². The molecule has 1 aliphatic rings. The van der Waals surface area contributed by atoms with E-state index in [9.17, 15) is 18.0 Å². The maximum atomic E-state index is 12.8. The molecule has 2 rings (SSSR count). The highest BCUT2D eigenvalue weighted by atomic mass is 19.4. The van der Waals surface area contributed by atoms with Crippen LogP contribution in [0.5, 0.6) is 0 Å². The second-order valence-electron chi connectivity index (χ2n) is 6.38. The number of hydrogen-bond acceptors (Lipinski definition) is 2. The summed E-state index contributed by atoms with van der Waals surface area (Å²) in [5, 5.41) is 0. The lowest BCUT2D eigenvalue weighted by atomic mass is 10.0. The van der Waals surface area contributed by atoms with Crippen LogP contribution >= 0.6 is 0 Å². The van der Waals surface area contributed by atoms with Crippen molar-refractivity contribution >= 4 is 5.91 Å². The molecule has 1 fully saturated rings. The second-order valence-corrected chi connectivity index (χ2v) is 6.38. The van der Waals surface area contributed by atoms with Crippen LogP contribution in [0.25, 0.3) is 0 Å². The first-order chi connectivity index (χ1) is 10.7. The van der Waals surface area contributed by atoms with Crippen LogP contribution in [-0.2, 0) is 11.2 Å². The predicted octanol–water partition coefficient (Wildman–Crippen LogP) is 3.06. The zero-order valence-corrected chi connectivity index (χ0v) is 13.3. The Kier molecular flexibility index (Phi) is 5.68. The van der Waals surface area contributed by atoms with E-state index in [1.54, 1.807) is 0 Å². The third kappa shape index (κ3) is 5.53. The zero-order valence-electron chi connectivity index (χ0n) is 13.3. The molecule has 2 atom stereocenters.